The number of alkyl halides is 3. The molecule has 0 saturated heterocycles. The van der Waals surface area contributed by atoms with Crippen molar-refractivity contribution in [1.82, 2.24) is 19.7 Å². The third-order valence-corrected chi connectivity index (χ3v) is 5.86. The molecule has 2 aromatic heterocycles. The number of carbonyl (C=O) groups is 1. The minimum atomic E-state index is -4.46. The summed E-state index contributed by atoms with van der Waals surface area (Å²) in [6, 6.07) is 10.4. The van der Waals surface area contributed by atoms with Crippen LogP contribution in [0.5, 0.6) is 0 Å². The van der Waals surface area contributed by atoms with E-state index < -0.39 is 11.7 Å². The Morgan fingerprint density at radius 2 is 1.97 bits per heavy atom. The normalized spacial score (nSPS) is 14.1. The summed E-state index contributed by atoms with van der Waals surface area (Å²) >= 11 is 0. The van der Waals surface area contributed by atoms with Gasteiger partial charge in [-0.2, -0.15) is 13.2 Å². The topological polar surface area (TPSA) is 85.8 Å². The summed E-state index contributed by atoms with van der Waals surface area (Å²) in [6.45, 7) is 0.963. The van der Waals surface area contributed by atoms with E-state index in [2.05, 4.69) is 20.1 Å². The van der Waals surface area contributed by atoms with Gasteiger partial charge in [-0.15, -0.1) is 10.2 Å². The fourth-order valence-corrected chi connectivity index (χ4v) is 4.17. The number of aromatic nitrogens is 4. The molecule has 2 aromatic carbocycles. The number of rotatable bonds is 5. The van der Waals surface area contributed by atoms with Crippen molar-refractivity contribution in [2.24, 2.45) is 0 Å². The van der Waals surface area contributed by atoms with Gasteiger partial charge in [0.2, 0.25) is 17.7 Å². The van der Waals surface area contributed by atoms with E-state index in [1.807, 2.05) is 18.2 Å². The maximum atomic E-state index is 12.9. The van der Waals surface area contributed by atoms with E-state index in [4.69, 9.17) is 9.40 Å². The molecule has 5 rings (SSSR count). The second-order valence-corrected chi connectivity index (χ2v) is 8.32. The molecule has 1 aliphatic heterocycles. The summed E-state index contributed by atoms with van der Waals surface area (Å²) < 4.78 is 46.5. The van der Waals surface area contributed by atoms with Gasteiger partial charge in [0.1, 0.15) is 5.82 Å². The van der Waals surface area contributed by atoms with Gasteiger partial charge in [0.15, 0.2) is 0 Å². The predicted octanol–water partition coefficient (Wildman–Crippen LogP) is 5.40. The third kappa shape index (κ3) is 4.66. The molecule has 4 aromatic rings. The van der Waals surface area contributed by atoms with Crippen molar-refractivity contribution in [2.75, 3.05) is 5.32 Å². The van der Waals surface area contributed by atoms with E-state index in [1.165, 1.54) is 18.6 Å². The fraction of sp³-hybridized carbons (Fsp3) is 0.333. The Morgan fingerprint density at radius 1 is 1.09 bits per heavy atom. The number of fused-ring (bicyclic) bond motifs is 3. The first kappa shape index (κ1) is 22.1. The van der Waals surface area contributed by atoms with Crippen LogP contribution >= 0.6 is 0 Å². The van der Waals surface area contributed by atoms with E-state index in [-0.39, 0.29) is 36.1 Å². The lowest BCUT2D eigenvalue weighted by molar-refractivity contribution is -0.137. The summed E-state index contributed by atoms with van der Waals surface area (Å²) in [4.78, 5) is 17.2. The number of hydrogen-bond acceptors (Lipinski definition) is 5. The van der Waals surface area contributed by atoms with Crippen LogP contribution < -0.4 is 5.32 Å². The molecular formula is C24H22F3N5O2. The van der Waals surface area contributed by atoms with Crippen molar-refractivity contribution in [2.45, 2.75) is 51.2 Å². The third-order valence-electron chi connectivity index (χ3n) is 5.86. The standard InChI is InChI=1S/C24H22F3N5O2/c25-24(26,27)16-6-4-5-15(13-16)23-31-30-22(34-23)11-10-21(33)28-17-8-9-19-18(14-17)29-20-7-2-1-3-12-32(19)20/h4-6,8-9,13-14H,1-3,7,10-12H2,(H,28,33). The highest BCUT2D eigenvalue weighted by Gasteiger charge is 2.30. The molecule has 1 aliphatic rings. The molecule has 10 heteroatoms. The average molecular weight is 469 g/mol. The summed E-state index contributed by atoms with van der Waals surface area (Å²) in [5.74, 6) is 1.00. The largest absolute Gasteiger partial charge is 0.421 e. The lowest BCUT2D eigenvalue weighted by Crippen LogP contribution is -2.12. The van der Waals surface area contributed by atoms with Crippen molar-refractivity contribution < 1.29 is 22.4 Å². The molecule has 1 amide bonds. The number of anilines is 1. The molecule has 1 N–H and O–H groups in total. The maximum absolute atomic E-state index is 12.9. The zero-order valence-electron chi connectivity index (χ0n) is 18.2. The summed E-state index contributed by atoms with van der Waals surface area (Å²) in [5.41, 5.74) is 1.96. The average Bonchev–Trinajstić information content (AvgIpc) is 3.35. The number of aryl methyl sites for hydroxylation is 3. The monoisotopic (exact) mass is 469 g/mol. The lowest BCUT2D eigenvalue weighted by atomic mass is 10.1. The second kappa shape index (κ2) is 8.92. The Balaban J connectivity index is 1.22. The highest BCUT2D eigenvalue weighted by Crippen LogP contribution is 2.32. The number of nitrogens with one attached hydrogen (secondary N) is 1. The molecule has 3 heterocycles. The van der Waals surface area contributed by atoms with E-state index in [9.17, 15) is 18.0 Å². The minimum Gasteiger partial charge on any atom is -0.421 e. The Hall–Kier alpha value is -3.69. The van der Waals surface area contributed by atoms with Gasteiger partial charge >= 0.3 is 6.18 Å². The van der Waals surface area contributed by atoms with Gasteiger partial charge in [-0.05, 0) is 49.2 Å². The molecule has 0 fully saturated rings. The van der Waals surface area contributed by atoms with E-state index in [0.717, 1.165) is 54.8 Å². The Labute approximate surface area is 193 Å². The molecule has 7 nitrogen and oxygen atoms in total. The van der Waals surface area contributed by atoms with Crippen LogP contribution in [0.15, 0.2) is 46.9 Å². The van der Waals surface area contributed by atoms with Crippen LogP contribution in [-0.4, -0.2) is 25.7 Å². The Kier molecular flexibility index (Phi) is 5.80. The number of carbonyl (C=O) groups excluding carboxylic acids is 1. The van der Waals surface area contributed by atoms with Crippen LogP contribution in [0.1, 0.15) is 43.0 Å². The van der Waals surface area contributed by atoms with Gasteiger partial charge in [-0.3, -0.25) is 4.79 Å². The molecule has 0 radical (unpaired) electrons. The van der Waals surface area contributed by atoms with E-state index in [0.29, 0.717) is 5.69 Å². The van der Waals surface area contributed by atoms with Crippen molar-refractivity contribution in [3.8, 4) is 11.5 Å². The van der Waals surface area contributed by atoms with Gasteiger partial charge in [-0.25, -0.2) is 4.98 Å². The van der Waals surface area contributed by atoms with Crippen LogP contribution in [-0.2, 0) is 30.4 Å². The van der Waals surface area contributed by atoms with E-state index in [1.54, 1.807) is 0 Å². The maximum Gasteiger partial charge on any atom is 0.416 e. The first-order valence-corrected chi connectivity index (χ1v) is 11.2. The fourth-order valence-electron chi connectivity index (χ4n) is 4.17. The predicted molar refractivity (Wildman–Crippen MR) is 119 cm³/mol. The smallest absolute Gasteiger partial charge is 0.416 e. The van der Waals surface area contributed by atoms with Crippen LogP contribution in [0.4, 0.5) is 18.9 Å². The molecule has 0 bridgehead atoms. The first-order chi connectivity index (χ1) is 16.4. The Morgan fingerprint density at radius 3 is 2.82 bits per heavy atom. The zero-order valence-corrected chi connectivity index (χ0v) is 18.2. The SMILES string of the molecule is O=C(CCc1nnc(-c2cccc(C(F)(F)F)c2)o1)Nc1ccc2c(c1)nc1n2CCCCC1. The minimum absolute atomic E-state index is 0.0218. The van der Waals surface area contributed by atoms with Crippen LogP contribution in [0.3, 0.4) is 0 Å². The highest BCUT2D eigenvalue weighted by molar-refractivity contribution is 5.93. The molecule has 176 valence electrons. The molecule has 0 unspecified atom stereocenters. The molecular weight excluding hydrogens is 447 g/mol. The van der Waals surface area contributed by atoms with E-state index >= 15 is 0 Å². The number of amides is 1. The lowest BCUT2D eigenvalue weighted by Gasteiger charge is -2.06. The first-order valence-electron chi connectivity index (χ1n) is 11.2. The highest BCUT2D eigenvalue weighted by atomic mass is 19.4. The van der Waals surface area contributed by atoms with Gasteiger partial charge in [0.25, 0.3) is 0 Å². The number of halogens is 3. The second-order valence-electron chi connectivity index (χ2n) is 8.32. The van der Waals surface area contributed by atoms with Crippen LogP contribution in [0, 0.1) is 0 Å². The van der Waals surface area contributed by atoms with Crippen LogP contribution in [0.25, 0.3) is 22.5 Å². The van der Waals surface area contributed by atoms with Gasteiger partial charge < -0.3 is 14.3 Å². The molecule has 0 aliphatic carbocycles. The number of benzene rings is 2. The molecule has 34 heavy (non-hydrogen) atoms. The van der Waals surface area contributed by atoms with Gasteiger partial charge in [0.05, 0.1) is 16.6 Å². The number of nitrogens with zero attached hydrogens (tertiary/aromatic N) is 4. The van der Waals surface area contributed by atoms with Crippen molar-refractivity contribution in [3.05, 3.63) is 59.7 Å². The van der Waals surface area contributed by atoms with Crippen molar-refractivity contribution in [1.29, 1.82) is 0 Å². The van der Waals surface area contributed by atoms with Gasteiger partial charge in [0, 0.05) is 37.1 Å². The zero-order chi connectivity index (χ0) is 23.7. The van der Waals surface area contributed by atoms with Crippen molar-refractivity contribution >= 4 is 22.6 Å². The summed E-state index contributed by atoms with van der Waals surface area (Å²) in [5, 5.41) is 10.5. The van der Waals surface area contributed by atoms with Crippen LogP contribution in [0.2, 0.25) is 0 Å². The van der Waals surface area contributed by atoms with Crippen molar-refractivity contribution in [3.63, 3.8) is 0 Å². The number of hydrogen-bond donors (Lipinski definition) is 1. The number of imidazole rings is 1. The molecule has 0 spiro atoms. The summed E-state index contributed by atoms with van der Waals surface area (Å²) in [7, 11) is 0. The summed E-state index contributed by atoms with van der Waals surface area (Å²) in [6.07, 6.45) is 0.236. The quantitative estimate of drug-likeness (QED) is 0.423. The molecule has 0 atom stereocenters. The Bertz CT molecular complexity index is 1340. The van der Waals surface area contributed by atoms with Gasteiger partial charge in [-0.1, -0.05) is 12.5 Å². The molecule has 0 saturated carbocycles.